The molecule has 2 amide bonds. The quantitative estimate of drug-likeness (QED) is 0.857. The maximum Gasteiger partial charge on any atom is 0.318 e. The molecule has 0 aliphatic heterocycles. The number of allylic oxidation sites excluding steroid dienone is 1. The molecular weight excluding hydrogens is 292 g/mol. The van der Waals surface area contributed by atoms with Gasteiger partial charge in [-0.1, -0.05) is 40.6 Å². The van der Waals surface area contributed by atoms with Gasteiger partial charge < -0.3 is 10.6 Å². The fourth-order valence-electron chi connectivity index (χ4n) is 1.35. The number of amides is 2. The first-order valence-corrected chi connectivity index (χ1v) is 6.85. The lowest BCUT2D eigenvalue weighted by Gasteiger charge is -2.06. The van der Waals surface area contributed by atoms with Crippen molar-refractivity contribution in [3.63, 3.8) is 0 Å². The standard InChI is InChI=1S/C14H19BrN2O/c1-3-11(2)10-17-14(18)16-8-7-12-5-4-6-13(15)9-12/h4-6,9-10H,3,7-8H2,1-2H3,(H2,16,17,18)/b11-10+. The van der Waals surface area contributed by atoms with Gasteiger partial charge in [-0.25, -0.2) is 4.79 Å². The number of carbonyl (C=O) groups excluding carboxylic acids is 1. The Morgan fingerprint density at radius 2 is 2.22 bits per heavy atom. The van der Waals surface area contributed by atoms with Crippen molar-refractivity contribution >= 4 is 22.0 Å². The predicted molar refractivity (Wildman–Crippen MR) is 78.4 cm³/mol. The van der Waals surface area contributed by atoms with Crippen LogP contribution in [0.3, 0.4) is 0 Å². The zero-order chi connectivity index (χ0) is 13.4. The van der Waals surface area contributed by atoms with E-state index in [1.807, 2.05) is 25.1 Å². The molecule has 0 fully saturated rings. The molecule has 2 N–H and O–H groups in total. The molecule has 0 saturated heterocycles. The first-order chi connectivity index (χ1) is 8.61. The van der Waals surface area contributed by atoms with Crippen LogP contribution in [0.15, 0.2) is 40.5 Å². The average molecular weight is 311 g/mol. The average Bonchev–Trinajstić information content (AvgIpc) is 2.36. The van der Waals surface area contributed by atoms with E-state index >= 15 is 0 Å². The Hall–Kier alpha value is -1.29. The number of nitrogens with one attached hydrogen (secondary N) is 2. The van der Waals surface area contributed by atoms with E-state index in [-0.39, 0.29) is 6.03 Å². The lowest BCUT2D eigenvalue weighted by molar-refractivity contribution is 0.244. The van der Waals surface area contributed by atoms with Crippen LogP contribution in [0.2, 0.25) is 0 Å². The van der Waals surface area contributed by atoms with Crippen LogP contribution in [0.25, 0.3) is 0 Å². The Morgan fingerprint density at radius 1 is 1.44 bits per heavy atom. The minimum Gasteiger partial charge on any atom is -0.338 e. The fourth-order valence-corrected chi connectivity index (χ4v) is 1.80. The second kappa shape index (κ2) is 7.93. The van der Waals surface area contributed by atoms with Crippen molar-refractivity contribution in [2.24, 2.45) is 0 Å². The molecule has 0 heterocycles. The third kappa shape index (κ3) is 5.87. The Bertz CT molecular complexity index is 430. The van der Waals surface area contributed by atoms with Crippen molar-refractivity contribution < 1.29 is 4.79 Å². The highest BCUT2D eigenvalue weighted by atomic mass is 79.9. The molecule has 0 aliphatic rings. The molecule has 4 heteroatoms. The van der Waals surface area contributed by atoms with Crippen molar-refractivity contribution in [3.05, 3.63) is 46.1 Å². The molecule has 0 unspecified atom stereocenters. The van der Waals surface area contributed by atoms with Gasteiger partial charge in [0.15, 0.2) is 0 Å². The molecule has 1 aromatic carbocycles. The number of benzene rings is 1. The van der Waals surface area contributed by atoms with Crippen LogP contribution in [-0.2, 0) is 6.42 Å². The molecule has 1 rings (SSSR count). The summed E-state index contributed by atoms with van der Waals surface area (Å²) in [5, 5.41) is 5.53. The van der Waals surface area contributed by atoms with Crippen molar-refractivity contribution in [1.29, 1.82) is 0 Å². The van der Waals surface area contributed by atoms with Crippen LogP contribution in [0.4, 0.5) is 4.79 Å². The second-order valence-corrected chi connectivity index (χ2v) is 5.04. The van der Waals surface area contributed by atoms with E-state index in [0.717, 1.165) is 22.9 Å². The van der Waals surface area contributed by atoms with E-state index in [0.29, 0.717) is 6.54 Å². The van der Waals surface area contributed by atoms with E-state index in [1.165, 1.54) is 5.56 Å². The normalized spacial score (nSPS) is 11.2. The van der Waals surface area contributed by atoms with Crippen molar-refractivity contribution in [2.75, 3.05) is 6.54 Å². The van der Waals surface area contributed by atoms with Crippen molar-refractivity contribution in [3.8, 4) is 0 Å². The summed E-state index contributed by atoms with van der Waals surface area (Å²) in [5.74, 6) is 0. The Kier molecular flexibility index (Phi) is 6.50. The SMILES string of the molecule is CC/C(C)=C/NC(=O)NCCc1cccc(Br)c1. The highest BCUT2D eigenvalue weighted by Crippen LogP contribution is 2.11. The minimum atomic E-state index is -0.155. The van der Waals surface area contributed by atoms with Gasteiger partial charge in [0.25, 0.3) is 0 Å². The summed E-state index contributed by atoms with van der Waals surface area (Å²) in [5.41, 5.74) is 2.35. The first kappa shape index (κ1) is 14.8. The first-order valence-electron chi connectivity index (χ1n) is 6.06. The Labute approximate surface area is 117 Å². The van der Waals surface area contributed by atoms with Gasteiger partial charge in [-0.05, 0) is 37.5 Å². The van der Waals surface area contributed by atoms with Gasteiger partial charge in [0.05, 0.1) is 0 Å². The largest absolute Gasteiger partial charge is 0.338 e. The fraction of sp³-hybridized carbons (Fsp3) is 0.357. The summed E-state index contributed by atoms with van der Waals surface area (Å²) >= 11 is 3.42. The minimum absolute atomic E-state index is 0.155. The van der Waals surface area contributed by atoms with Gasteiger partial charge in [-0.15, -0.1) is 0 Å². The van der Waals surface area contributed by atoms with Crippen molar-refractivity contribution in [1.82, 2.24) is 10.6 Å². The molecule has 0 aromatic heterocycles. The third-order valence-electron chi connectivity index (χ3n) is 2.60. The maximum atomic E-state index is 11.4. The number of halogens is 1. The number of hydrogen-bond acceptors (Lipinski definition) is 1. The number of carbonyl (C=O) groups is 1. The van der Waals surface area contributed by atoms with Crippen LogP contribution >= 0.6 is 15.9 Å². The summed E-state index contributed by atoms with van der Waals surface area (Å²) in [4.78, 5) is 11.4. The van der Waals surface area contributed by atoms with Gasteiger partial charge in [0.1, 0.15) is 0 Å². The van der Waals surface area contributed by atoms with Gasteiger partial charge >= 0.3 is 6.03 Å². The second-order valence-electron chi connectivity index (χ2n) is 4.12. The van der Waals surface area contributed by atoms with E-state index < -0.39 is 0 Å². The van der Waals surface area contributed by atoms with Gasteiger partial charge in [-0.2, -0.15) is 0 Å². The third-order valence-corrected chi connectivity index (χ3v) is 3.09. The van der Waals surface area contributed by atoms with Gasteiger partial charge in [0.2, 0.25) is 0 Å². The smallest absolute Gasteiger partial charge is 0.318 e. The molecule has 0 aliphatic carbocycles. The molecule has 98 valence electrons. The van der Waals surface area contributed by atoms with E-state index in [9.17, 15) is 4.79 Å². The zero-order valence-electron chi connectivity index (χ0n) is 10.8. The van der Waals surface area contributed by atoms with Crippen LogP contribution in [0.1, 0.15) is 25.8 Å². The number of rotatable bonds is 5. The molecule has 18 heavy (non-hydrogen) atoms. The summed E-state index contributed by atoms with van der Waals surface area (Å²) in [7, 11) is 0. The number of hydrogen-bond donors (Lipinski definition) is 2. The molecule has 0 atom stereocenters. The summed E-state index contributed by atoms with van der Waals surface area (Å²) < 4.78 is 1.06. The molecule has 0 saturated carbocycles. The molecule has 3 nitrogen and oxygen atoms in total. The van der Waals surface area contributed by atoms with Crippen LogP contribution in [-0.4, -0.2) is 12.6 Å². The van der Waals surface area contributed by atoms with Crippen LogP contribution < -0.4 is 10.6 Å². The lowest BCUT2D eigenvalue weighted by atomic mass is 10.1. The Balaban J connectivity index is 2.27. The summed E-state index contributed by atoms with van der Waals surface area (Å²) in [6.45, 7) is 4.67. The maximum absolute atomic E-state index is 11.4. The van der Waals surface area contributed by atoms with E-state index in [4.69, 9.17) is 0 Å². The number of urea groups is 1. The van der Waals surface area contributed by atoms with Crippen molar-refractivity contribution in [2.45, 2.75) is 26.7 Å². The van der Waals surface area contributed by atoms with Gasteiger partial charge in [0, 0.05) is 17.2 Å². The highest BCUT2D eigenvalue weighted by molar-refractivity contribution is 9.10. The van der Waals surface area contributed by atoms with Crippen LogP contribution in [0, 0.1) is 0 Å². The summed E-state index contributed by atoms with van der Waals surface area (Å²) in [6, 6.07) is 7.93. The van der Waals surface area contributed by atoms with E-state index in [2.05, 4.69) is 39.6 Å². The topological polar surface area (TPSA) is 41.1 Å². The van der Waals surface area contributed by atoms with Crippen LogP contribution in [0.5, 0.6) is 0 Å². The molecular formula is C14H19BrN2O. The van der Waals surface area contributed by atoms with E-state index in [1.54, 1.807) is 6.20 Å². The predicted octanol–water partition coefficient (Wildman–Crippen LogP) is 3.60. The molecule has 0 spiro atoms. The molecule has 0 bridgehead atoms. The highest BCUT2D eigenvalue weighted by Gasteiger charge is 1.98. The molecule has 1 aromatic rings. The zero-order valence-corrected chi connectivity index (χ0v) is 12.4. The molecule has 0 radical (unpaired) electrons. The Morgan fingerprint density at radius 3 is 2.89 bits per heavy atom. The lowest BCUT2D eigenvalue weighted by Crippen LogP contribution is -2.33. The summed E-state index contributed by atoms with van der Waals surface area (Å²) in [6.07, 6.45) is 3.51. The van der Waals surface area contributed by atoms with Gasteiger partial charge in [-0.3, -0.25) is 0 Å². The monoisotopic (exact) mass is 310 g/mol.